The second-order valence-electron chi connectivity index (χ2n) is 4.93. The molecule has 0 amide bonds. The standard InChI is InChI=1S/C11H18BrN3/c1-7(2)6-15-10(5-12)13-14-11(15)9-4-8(9)3/h7-9H,4-6H2,1-3H3. The zero-order valence-corrected chi connectivity index (χ0v) is 11.2. The van der Waals surface area contributed by atoms with Gasteiger partial charge < -0.3 is 4.57 Å². The van der Waals surface area contributed by atoms with Crippen molar-refractivity contribution in [2.45, 2.75) is 45.0 Å². The summed E-state index contributed by atoms with van der Waals surface area (Å²) in [6.07, 6.45) is 1.28. The minimum absolute atomic E-state index is 0.645. The van der Waals surface area contributed by atoms with Gasteiger partial charge in [-0.3, -0.25) is 0 Å². The summed E-state index contributed by atoms with van der Waals surface area (Å²) in [6.45, 7) is 7.79. The molecule has 0 saturated heterocycles. The molecule has 1 saturated carbocycles. The van der Waals surface area contributed by atoms with Gasteiger partial charge in [0.05, 0.1) is 5.33 Å². The lowest BCUT2D eigenvalue weighted by molar-refractivity contribution is 0.496. The molecule has 0 N–H and O–H groups in total. The Morgan fingerprint density at radius 3 is 2.60 bits per heavy atom. The molecule has 2 unspecified atom stereocenters. The average molecular weight is 272 g/mol. The highest BCUT2D eigenvalue weighted by molar-refractivity contribution is 9.08. The third kappa shape index (κ3) is 2.25. The molecule has 0 aliphatic heterocycles. The van der Waals surface area contributed by atoms with Crippen LogP contribution in [-0.2, 0) is 11.9 Å². The van der Waals surface area contributed by atoms with E-state index in [1.807, 2.05) is 0 Å². The topological polar surface area (TPSA) is 30.7 Å². The molecule has 84 valence electrons. The van der Waals surface area contributed by atoms with Gasteiger partial charge in [-0.05, 0) is 18.3 Å². The van der Waals surface area contributed by atoms with Crippen LogP contribution in [0.3, 0.4) is 0 Å². The van der Waals surface area contributed by atoms with E-state index in [-0.39, 0.29) is 0 Å². The molecule has 15 heavy (non-hydrogen) atoms. The predicted molar refractivity (Wildman–Crippen MR) is 64.0 cm³/mol. The summed E-state index contributed by atoms with van der Waals surface area (Å²) < 4.78 is 2.30. The van der Waals surface area contributed by atoms with E-state index in [9.17, 15) is 0 Å². The van der Waals surface area contributed by atoms with Gasteiger partial charge in [0, 0.05) is 12.5 Å². The first kappa shape index (κ1) is 11.1. The van der Waals surface area contributed by atoms with Crippen molar-refractivity contribution < 1.29 is 0 Å². The normalized spacial score (nSPS) is 24.9. The Morgan fingerprint density at radius 1 is 1.47 bits per heavy atom. The molecule has 1 fully saturated rings. The number of hydrogen-bond donors (Lipinski definition) is 0. The van der Waals surface area contributed by atoms with E-state index in [2.05, 4.69) is 51.5 Å². The number of alkyl halides is 1. The highest BCUT2D eigenvalue weighted by Crippen LogP contribution is 2.46. The monoisotopic (exact) mass is 271 g/mol. The maximum atomic E-state index is 4.34. The van der Waals surface area contributed by atoms with Crippen LogP contribution >= 0.6 is 15.9 Å². The number of hydrogen-bond acceptors (Lipinski definition) is 2. The highest BCUT2D eigenvalue weighted by atomic mass is 79.9. The molecule has 2 rings (SSSR count). The number of halogens is 1. The van der Waals surface area contributed by atoms with Crippen LogP contribution in [0.2, 0.25) is 0 Å². The molecule has 1 aromatic heterocycles. The summed E-state index contributed by atoms with van der Waals surface area (Å²) >= 11 is 3.47. The summed E-state index contributed by atoms with van der Waals surface area (Å²) in [5.74, 6) is 4.36. The van der Waals surface area contributed by atoms with Gasteiger partial charge in [-0.2, -0.15) is 0 Å². The fourth-order valence-corrected chi connectivity index (χ4v) is 2.38. The first-order valence-electron chi connectivity index (χ1n) is 5.61. The fraction of sp³-hybridized carbons (Fsp3) is 0.818. The van der Waals surface area contributed by atoms with Crippen molar-refractivity contribution in [3.05, 3.63) is 11.6 Å². The summed E-state index contributed by atoms with van der Waals surface area (Å²) in [4.78, 5) is 0. The Bertz CT molecular complexity index is 346. The van der Waals surface area contributed by atoms with Crippen LogP contribution in [0, 0.1) is 11.8 Å². The predicted octanol–water partition coefficient (Wildman–Crippen LogP) is 2.95. The summed E-state index contributed by atoms with van der Waals surface area (Å²) in [5.41, 5.74) is 0. The molecular formula is C11H18BrN3. The molecule has 0 spiro atoms. The lowest BCUT2D eigenvalue weighted by Gasteiger charge is -2.11. The van der Waals surface area contributed by atoms with Gasteiger partial charge in [0.25, 0.3) is 0 Å². The van der Waals surface area contributed by atoms with Crippen molar-refractivity contribution in [3.63, 3.8) is 0 Å². The van der Waals surface area contributed by atoms with Gasteiger partial charge >= 0.3 is 0 Å². The van der Waals surface area contributed by atoms with Crippen LogP contribution in [-0.4, -0.2) is 14.8 Å². The Hall–Kier alpha value is -0.380. The van der Waals surface area contributed by atoms with Gasteiger partial charge in [-0.15, -0.1) is 10.2 Å². The quantitative estimate of drug-likeness (QED) is 0.789. The lowest BCUT2D eigenvalue weighted by Crippen LogP contribution is -2.11. The summed E-state index contributed by atoms with van der Waals surface area (Å²) in [5, 5.41) is 9.38. The van der Waals surface area contributed by atoms with Crippen LogP contribution in [0.25, 0.3) is 0 Å². The Morgan fingerprint density at radius 2 is 2.13 bits per heavy atom. The van der Waals surface area contributed by atoms with Crippen molar-refractivity contribution >= 4 is 15.9 Å². The van der Waals surface area contributed by atoms with E-state index in [1.165, 1.54) is 12.2 Å². The van der Waals surface area contributed by atoms with Crippen molar-refractivity contribution in [3.8, 4) is 0 Å². The Labute approximate surface area is 99.4 Å². The first-order chi connectivity index (χ1) is 7.13. The molecule has 1 aliphatic rings. The minimum atomic E-state index is 0.645. The van der Waals surface area contributed by atoms with Gasteiger partial charge in [0.15, 0.2) is 0 Å². The van der Waals surface area contributed by atoms with Crippen LogP contribution in [0.5, 0.6) is 0 Å². The molecule has 1 aromatic rings. The molecular weight excluding hydrogens is 254 g/mol. The van der Waals surface area contributed by atoms with Crippen LogP contribution in [0.1, 0.15) is 44.8 Å². The average Bonchev–Trinajstić information content (AvgIpc) is 2.76. The maximum absolute atomic E-state index is 4.34. The molecule has 1 aliphatic carbocycles. The summed E-state index contributed by atoms with van der Waals surface area (Å²) in [6, 6.07) is 0. The number of nitrogens with zero attached hydrogens (tertiary/aromatic N) is 3. The van der Waals surface area contributed by atoms with E-state index < -0.39 is 0 Å². The zero-order valence-electron chi connectivity index (χ0n) is 9.57. The molecule has 0 aromatic carbocycles. The van der Waals surface area contributed by atoms with E-state index in [0.717, 1.165) is 23.6 Å². The van der Waals surface area contributed by atoms with E-state index in [4.69, 9.17) is 0 Å². The number of aromatic nitrogens is 3. The van der Waals surface area contributed by atoms with Gasteiger partial charge in [0.1, 0.15) is 11.6 Å². The molecule has 4 heteroatoms. The van der Waals surface area contributed by atoms with Crippen LogP contribution < -0.4 is 0 Å². The van der Waals surface area contributed by atoms with Crippen molar-refractivity contribution in [2.75, 3.05) is 0 Å². The van der Waals surface area contributed by atoms with E-state index >= 15 is 0 Å². The molecule has 1 heterocycles. The van der Waals surface area contributed by atoms with Crippen molar-refractivity contribution in [2.24, 2.45) is 11.8 Å². The largest absolute Gasteiger partial charge is 0.314 e. The van der Waals surface area contributed by atoms with Gasteiger partial charge in [-0.25, -0.2) is 0 Å². The molecule has 2 atom stereocenters. The second-order valence-corrected chi connectivity index (χ2v) is 5.49. The highest BCUT2D eigenvalue weighted by Gasteiger charge is 2.38. The maximum Gasteiger partial charge on any atom is 0.143 e. The van der Waals surface area contributed by atoms with E-state index in [1.54, 1.807) is 0 Å². The first-order valence-corrected chi connectivity index (χ1v) is 6.73. The summed E-state index contributed by atoms with van der Waals surface area (Å²) in [7, 11) is 0. The second kappa shape index (κ2) is 4.24. The third-order valence-electron chi connectivity index (χ3n) is 2.96. The van der Waals surface area contributed by atoms with Gasteiger partial charge in [-0.1, -0.05) is 36.7 Å². The zero-order chi connectivity index (χ0) is 11.0. The molecule has 3 nitrogen and oxygen atoms in total. The fourth-order valence-electron chi connectivity index (χ4n) is 1.97. The smallest absolute Gasteiger partial charge is 0.143 e. The Balaban J connectivity index is 2.25. The third-order valence-corrected chi connectivity index (χ3v) is 3.47. The van der Waals surface area contributed by atoms with Crippen LogP contribution in [0.15, 0.2) is 0 Å². The van der Waals surface area contributed by atoms with Crippen molar-refractivity contribution in [1.29, 1.82) is 0 Å². The van der Waals surface area contributed by atoms with E-state index in [0.29, 0.717) is 11.8 Å². The van der Waals surface area contributed by atoms with Gasteiger partial charge in [0.2, 0.25) is 0 Å². The Kier molecular flexibility index (Phi) is 3.14. The SMILES string of the molecule is CC(C)Cn1c(CBr)nnc1C1CC1C. The lowest BCUT2D eigenvalue weighted by atomic mass is 10.2. The van der Waals surface area contributed by atoms with Crippen LogP contribution in [0.4, 0.5) is 0 Å². The van der Waals surface area contributed by atoms with Crippen molar-refractivity contribution in [1.82, 2.24) is 14.8 Å². The minimum Gasteiger partial charge on any atom is -0.314 e. The molecule has 0 radical (unpaired) electrons. The molecule has 0 bridgehead atoms. The number of rotatable bonds is 4.